The molecule has 0 aliphatic carbocycles. The van der Waals surface area contributed by atoms with Crippen molar-refractivity contribution in [2.75, 3.05) is 19.9 Å². The van der Waals surface area contributed by atoms with Gasteiger partial charge < -0.3 is 10.1 Å². The number of hydrogen-bond acceptors (Lipinski definition) is 3. The van der Waals surface area contributed by atoms with Crippen molar-refractivity contribution in [1.29, 1.82) is 0 Å². The topological polar surface area (TPSA) is 21.3 Å². The zero-order valence-corrected chi connectivity index (χ0v) is 10.7. The Labute approximate surface area is 97.4 Å². The van der Waals surface area contributed by atoms with Crippen LogP contribution in [0.25, 0.3) is 0 Å². The van der Waals surface area contributed by atoms with Gasteiger partial charge in [0.05, 0.1) is 7.11 Å². The number of rotatable bonds is 4. The van der Waals surface area contributed by atoms with Crippen LogP contribution in [0.2, 0.25) is 0 Å². The predicted octanol–water partition coefficient (Wildman–Crippen LogP) is 2.50. The first-order chi connectivity index (χ1) is 7.13. The van der Waals surface area contributed by atoms with Gasteiger partial charge in [-0.05, 0) is 38.1 Å². The van der Waals surface area contributed by atoms with Crippen LogP contribution in [0, 0.1) is 13.8 Å². The summed E-state index contributed by atoms with van der Waals surface area (Å²) >= 11 is 4.35. The molecule has 0 spiro atoms. The highest BCUT2D eigenvalue weighted by Crippen LogP contribution is 2.30. The molecule has 0 radical (unpaired) electrons. The SMILES string of the molecule is CNC(CS)c1c(C)cc(C)cc1OC. The number of ether oxygens (including phenoxy) is 1. The van der Waals surface area contributed by atoms with Crippen LogP contribution in [0.5, 0.6) is 5.75 Å². The zero-order chi connectivity index (χ0) is 11.4. The number of thiol groups is 1. The largest absolute Gasteiger partial charge is 0.496 e. The predicted molar refractivity (Wildman–Crippen MR) is 68.1 cm³/mol. The van der Waals surface area contributed by atoms with Crippen LogP contribution in [0.1, 0.15) is 22.7 Å². The monoisotopic (exact) mass is 225 g/mol. The molecule has 1 rings (SSSR count). The van der Waals surface area contributed by atoms with Crippen molar-refractivity contribution in [2.24, 2.45) is 0 Å². The molecule has 1 aromatic carbocycles. The Bertz CT molecular complexity index is 335. The van der Waals surface area contributed by atoms with Gasteiger partial charge in [-0.2, -0.15) is 12.6 Å². The molecule has 3 heteroatoms. The van der Waals surface area contributed by atoms with Crippen LogP contribution in [-0.4, -0.2) is 19.9 Å². The molecule has 0 saturated carbocycles. The number of benzene rings is 1. The molecule has 0 fully saturated rings. The van der Waals surface area contributed by atoms with E-state index in [1.807, 2.05) is 7.05 Å². The minimum Gasteiger partial charge on any atom is -0.496 e. The van der Waals surface area contributed by atoms with E-state index in [-0.39, 0.29) is 6.04 Å². The summed E-state index contributed by atoms with van der Waals surface area (Å²) in [6.07, 6.45) is 0. The molecule has 0 aliphatic heterocycles. The number of hydrogen-bond donors (Lipinski definition) is 2. The van der Waals surface area contributed by atoms with E-state index < -0.39 is 0 Å². The molecule has 15 heavy (non-hydrogen) atoms. The van der Waals surface area contributed by atoms with Gasteiger partial charge in [0.2, 0.25) is 0 Å². The van der Waals surface area contributed by atoms with Crippen molar-refractivity contribution in [3.05, 3.63) is 28.8 Å². The molecule has 0 aliphatic rings. The Morgan fingerprint density at radius 3 is 2.53 bits per heavy atom. The lowest BCUT2D eigenvalue weighted by Gasteiger charge is -2.20. The van der Waals surface area contributed by atoms with Gasteiger partial charge in [0, 0.05) is 17.4 Å². The minimum atomic E-state index is 0.240. The number of nitrogens with one attached hydrogen (secondary N) is 1. The van der Waals surface area contributed by atoms with Gasteiger partial charge in [-0.1, -0.05) is 6.07 Å². The Kier molecular flexibility index (Phi) is 4.48. The standard InChI is InChI=1S/C12H19NOS/c1-8-5-9(2)12(10(7-15)13-3)11(6-8)14-4/h5-6,10,13,15H,7H2,1-4H3. The fraction of sp³-hybridized carbons (Fsp3) is 0.500. The molecule has 1 aromatic rings. The van der Waals surface area contributed by atoms with Gasteiger partial charge in [0.1, 0.15) is 5.75 Å². The molecule has 0 saturated heterocycles. The third kappa shape index (κ3) is 2.67. The fourth-order valence-electron chi connectivity index (χ4n) is 1.88. The average Bonchev–Trinajstić information content (AvgIpc) is 2.21. The summed E-state index contributed by atoms with van der Waals surface area (Å²) in [7, 11) is 3.66. The lowest BCUT2D eigenvalue weighted by atomic mass is 9.99. The van der Waals surface area contributed by atoms with Crippen LogP contribution in [0.3, 0.4) is 0 Å². The van der Waals surface area contributed by atoms with Crippen molar-refractivity contribution >= 4 is 12.6 Å². The lowest BCUT2D eigenvalue weighted by molar-refractivity contribution is 0.403. The van der Waals surface area contributed by atoms with E-state index in [4.69, 9.17) is 4.74 Å². The van der Waals surface area contributed by atoms with E-state index in [0.29, 0.717) is 0 Å². The first-order valence-corrected chi connectivity index (χ1v) is 5.70. The summed E-state index contributed by atoms with van der Waals surface area (Å²) in [5.74, 6) is 1.71. The van der Waals surface area contributed by atoms with Crippen molar-refractivity contribution in [1.82, 2.24) is 5.32 Å². The quantitative estimate of drug-likeness (QED) is 0.768. The molecule has 0 bridgehead atoms. The smallest absolute Gasteiger partial charge is 0.124 e. The highest BCUT2D eigenvalue weighted by atomic mass is 32.1. The highest BCUT2D eigenvalue weighted by Gasteiger charge is 2.15. The summed E-state index contributed by atoms with van der Waals surface area (Å²) in [4.78, 5) is 0. The molecule has 84 valence electrons. The van der Waals surface area contributed by atoms with Crippen LogP contribution >= 0.6 is 12.6 Å². The van der Waals surface area contributed by atoms with E-state index in [2.05, 4.69) is 43.9 Å². The Morgan fingerprint density at radius 2 is 2.07 bits per heavy atom. The Hall–Kier alpha value is -0.670. The van der Waals surface area contributed by atoms with E-state index >= 15 is 0 Å². The van der Waals surface area contributed by atoms with Gasteiger partial charge in [-0.3, -0.25) is 0 Å². The van der Waals surface area contributed by atoms with Gasteiger partial charge in [-0.15, -0.1) is 0 Å². The van der Waals surface area contributed by atoms with Crippen molar-refractivity contribution < 1.29 is 4.74 Å². The molecule has 1 N–H and O–H groups in total. The van der Waals surface area contributed by atoms with Gasteiger partial charge >= 0.3 is 0 Å². The summed E-state index contributed by atoms with van der Waals surface area (Å²) in [5, 5.41) is 3.25. The third-order valence-corrected chi connectivity index (χ3v) is 2.96. The van der Waals surface area contributed by atoms with Crippen molar-refractivity contribution in [3.8, 4) is 5.75 Å². The maximum atomic E-state index is 5.42. The van der Waals surface area contributed by atoms with E-state index in [1.54, 1.807) is 7.11 Å². The van der Waals surface area contributed by atoms with E-state index in [0.717, 1.165) is 11.5 Å². The van der Waals surface area contributed by atoms with Gasteiger partial charge in [0.15, 0.2) is 0 Å². The Balaban J connectivity index is 3.24. The second-order valence-electron chi connectivity index (χ2n) is 3.72. The van der Waals surface area contributed by atoms with E-state index in [1.165, 1.54) is 16.7 Å². The van der Waals surface area contributed by atoms with Crippen LogP contribution < -0.4 is 10.1 Å². The first-order valence-electron chi connectivity index (χ1n) is 5.07. The molecule has 1 atom stereocenters. The minimum absolute atomic E-state index is 0.240. The number of aryl methyl sites for hydroxylation is 2. The molecular formula is C12H19NOS. The summed E-state index contributed by atoms with van der Waals surface area (Å²) in [5.41, 5.74) is 3.68. The maximum Gasteiger partial charge on any atom is 0.124 e. The van der Waals surface area contributed by atoms with Crippen LogP contribution in [0.4, 0.5) is 0 Å². The molecular weight excluding hydrogens is 206 g/mol. The molecule has 1 unspecified atom stereocenters. The summed E-state index contributed by atoms with van der Waals surface area (Å²) in [6, 6.07) is 4.48. The van der Waals surface area contributed by atoms with Gasteiger partial charge in [-0.25, -0.2) is 0 Å². The first kappa shape index (κ1) is 12.4. The molecule has 2 nitrogen and oxygen atoms in total. The van der Waals surface area contributed by atoms with Crippen molar-refractivity contribution in [2.45, 2.75) is 19.9 Å². The third-order valence-electron chi connectivity index (χ3n) is 2.59. The van der Waals surface area contributed by atoms with Crippen LogP contribution in [-0.2, 0) is 0 Å². The lowest BCUT2D eigenvalue weighted by Crippen LogP contribution is -2.19. The Morgan fingerprint density at radius 1 is 1.40 bits per heavy atom. The van der Waals surface area contributed by atoms with Crippen LogP contribution in [0.15, 0.2) is 12.1 Å². The zero-order valence-electron chi connectivity index (χ0n) is 9.79. The maximum absolute atomic E-state index is 5.42. The highest BCUT2D eigenvalue weighted by molar-refractivity contribution is 7.80. The molecule has 0 aromatic heterocycles. The second-order valence-corrected chi connectivity index (χ2v) is 4.09. The molecule has 0 heterocycles. The normalized spacial score (nSPS) is 12.6. The fourth-order valence-corrected chi connectivity index (χ4v) is 2.25. The second kappa shape index (κ2) is 5.42. The van der Waals surface area contributed by atoms with E-state index in [9.17, 15) is 0 Å². The summed E-state index contributed by atoms with van der Waals surface area (Å²) < 4.78 is 5.42. The van der Waals surface area contributed by atoms with Crippen molar-refractivity contribution in [3.63, 3.8) is 0 Å². The molecule has 0 amide bonds. The summed E-state index contributed by atoms with van der Waals surface area (Å²) in [6.45, 7) is 4.19. The average molecular weight is 225 g/mol. The number of methoxy groups -OCH3 is 1. The van der Waals surface area contributed by atoms with Gasteiger partial charge in [0.25, 0.3) is 0 Å².